The van der Waals surface area contributed by atoms with Gasteiger partial charge in [0.2, 0.25) is 0 Å². The second-order valence-electron chi connectivity index (χ2n) is 7.84. The summed E-state index contributed by atoms with van der Waals surface area (Å²) in [6.45, 7) is 0. The molecule has 3 aromatic rings. The standard InChI is InChI=1S/C26H14Br2O4/c27-14-9-10-15(20(28)13-14)16-11-12-22-23(24(16)29)26(19-7-3-4-8-21(19)31-22)18-6-2-1-5-17(18)25(30)32-26/h1-13,23H. The molecule has 2 unspecified atom stereocenters. The Hall–Kier alpha value is -2.96. The average molecular weight is 550 g/mol. The monoisotopic (exact) mass is 548 g/mol. The molecule has 6 heteroatoms. The molecule has 0 aromatic heterocycles. The third-order valence-corrected chi connectivity index (χ3v) is 7.32. The van der Waals surface area contributed by atoms with E-state index in [-0.39, 0.29) is 5.78 Å². The molecule has 6 rings (SSSR count). The molecule has 0 fully saturated rings. The number of hydrogen-bond donors (Lipinski definition) is 0. The Morgan fingerprint density at radius 1 is 0.812 bits per heavy atom. The maximum atomic E-state index is 14.1. The van der Waals surface area contributed by atoms with Crippen molar-refractivity contribution < 1.29 is 19.1 Å². The number of carbonyl (C=O) groups is 2. The first kappa shape index (κ1) is 19.7. The van der Waals surface area contributed by atoms with Crippen LogP contribution < -0.4 is 4.74 Å². The normalized spacial score (nSPS) is 22.9. The first-order chi connectivity index (χ1) is 15.5. The predicted molar refractivity (Wildman–Crippen MR) is 126 cm³/mol. The molecule has 32 heavy (non-hydrogen) atoms. The van der Waals surface area contributed by atoms with E-state index in [0.29, 0.717) is 33.8 Å². The topological polar surface area (TPSA) is 52.6 Å². The van der Waals surface area contributed by atoms with Gasteiger partial charge in [-0.15, -0.1) is 0 Å². The molecule has 2 heterocycles. The lowest BCUT2D eigenvalue weighted by atomic mass is 9.68. The van der Waals surface area contributed by atoms with Gasteiger partial charge >= 0.3 is 5.97 Å². The van der Waals surface area contributed by atoms with Crippen LogP contribution in [-0.4, -0.2) is 11.8 Å². The van der Waals surface area contributed by atoms with E-state index < -0.39 is 17.5 Å². The van der Waals surface area contributed by atoms with Gasteiger partial charge in [-0.3, -0.25) is 4.79 Å². The highest BCUT2D eigenvalue weighted by Gasteiger charge is 2.61. The van der Waals surface area contributed by atoms with Gasteiger partial charge in [-0.2, -0.15) is 0 Å². The van der Waals surface area contributed by atoms with Gasteiger partial charge in [-0.05, 0) is 42.0 Å². The molecule has 3 aliphatic rings. The van der Waals surface area contributed by atoms with Crippen molar-refractivity contribution in [1.82, 2.24) is 0 Å². The number of benzene rings is 3. The Kier molecular flexibility index (Phi) is 4.32. The minimum Gasteiger partial charge on any atom is -0.460 e. The first-order valence-electron chi connectivity index (χ1n) is 10.0. The molecule has 0 amide bonds. The summed E-state index contributed by atoms with van der Waals surface area (Å²) in [4.78, 5) is 27.0. The molecule has 0 saturated heterocycles. The second kappa shape index (κ2) is 7.02. The van der Waals surface area contributed by atoms with Gasteiger partial charge in [0, 0.05) is 25.6 Å². The highest BCUT2D eigenvalue weighted by Crippen LogP contribution is 2.57. The van der Waals surface area contributed by atoms with Gasteiger partial charge in [0.1, 0.15) is 17.4 Å². The molecule has 2 atom stereocenters. The fourth-order valence-electron chi connectivity index (χ4n) is 4.84. The summed E-state index contributed by atoms with van der Waals surface area (Å²) in [6.07, 6.45) is 3.58. The van der Waals surface area contributed by atoms with E-state index in [4.69, 9.17) is 9.47 Å². The van der Waals surface area contributed by atoms with Crippen LogP contribution in [0.4, 0.5) is 0 Å². The van der Waals surface area contributed by atoms with E-state index in [1.54, 1.807) is 18.2 Å². The smallest absolute Gasteiger partial charge is 0.339 e. The number of ether oxygens (including phenoxy) is 2. The zero-order valence-corrected chi connectivity index (χ0v) is 19.6. The van der Waals surface area contributed by atoms with Crippen molar-refractivity contribution in [2.45, 2.75) is 5.60 Å². The first-order valence-corrected chi connectivity index (χ1v) is 11.6. The summed E-state index contributed by atoms with van der Waals surface area (Å²) in [6, 6.07) is 20.4. The summed E-state index contributed by atoms with van der Waals surface area (Å²) < 4.78 is 14.0. The van der Waals surface area contributed by atoms with E-state index in [2.05, 4.69) is 31.9 Å². The summed E-state index contributed by atoms with van der Waals surface area (Å²) in [5, 5.41) is 0. The second-order valence-corrected chi connectivity index (χ2v) is 9.61. The molecule has 4 nitrogen and oxygen atoms in total. The minimum atomic E-state index is -1.28. The Labute approximate surface area is 200 Å². The van der Waals surface area contributed by atoms with Crippen molar-refractivity contribution in [1.29, 1.82) is 0 Å². The van der Waals surface area contributed by atoms with Crippen molar-refractivity contribution in [3.8, 4) is 5.75 Å². The van der Waals surface area contributed by atoms with Crippen LogP contribution in [0.2, 0.25) is 0 Å². The maximum absolute atomic E-state index is 14.1. The number of hydrogen-bond acceptors (Lipinski definition) is 4. The van der Waals surface area contributed by atoms with E-state index in [1.807, 2.05) is 60.7 Å². The highest BCUT2D eigenvalue weighted by atomic mass is 79.9. The van der Waals surface area contributed by atoms with E-state index in [9.17, 15) is 9.59 Å². The van der Waals surface area contributed by atoms with Crippen molar-refractivity contribution in [3.05, 3.63) is 116 Å². The fraction of sp³-hybridized carbons (Fsp3) is 0.0769. The van der Waals surface area contributed by atoms with Gasteiger partial charge < -0.3 is 9.47 Å². The van der Waals surface area contributed by atoms with Gasteiger partial charge in [0.15, 0.2) is 11.4 Å². The third kappa shape index (κ3) is 2.60. The lowest BCUT2D eigenvalue weighted by Crippen LogP contribution is -2.47. The SMILES string of the molecule is O=C1OC2(c3ccccc3OC3=CC=C(c4ccc(Br)cc4Br)C(=O)C32)c2ccccc21. The van der Waals surface area contributed by atoms with E-state index in [1.165, 1.54) is 0 Å². The van der Waals surface area contributed by atoms with Gasteiger partial charge in [0.25, 0.3) is 0 Å². The van der Waals surface area contributed by atoms with Crippen molar-refractivity contribution in [2.24, 2.45) is 5.92 Å². The molecule has 3 aromatic carbocycles. The number of esters is 1. The van der Waals surface area contributed by atoms with E-state index in [0.717, 1.165) is 14.5 Å². The van der Waals surface area contributed by atoms with Crippen LogP contribution in [0.25, 0.3) is 5.57 Å². The summed E-state index contributed by atoms with van der Waals surface area (Å²) >= 11 is 7.03. The zero-order chi connectivity index (χ0) is 22.0. The number of carbonyl (C=O) groups excluding carboxylic acids is 2. The number of rotatable bonds is 1. The number of Topliss-reactive ketones (excluding diaryl/α,β-unsaturated/α-hetero) is 1. The summed E-state index contributed by atoms with van der Waals surface area (Å²) in [7, 11) is 0. The zero-order valence-electron chi connectivity index (χ0n) is 16.5. The van der Waals surface area contributed by atoms with Crippen LogP contribution in [0.1, 0.15) is 27.0 Å². The molecule has 0 saturated carbocycles. The third-order valence-electron chi connectivity index (χ3n) is 6.17. The van der Waals surface area contributed by atoms with Crippen molar-refractivity contribution in [2.75, 3.05) is 0 Å². The van der Waals surface area contributed by atoms with Gasteiger partial charge in [-0.25, -0.2) is 4.79 Å². The molecular weight excluding hydrogens is 536 g/mol. The van der Waals surface area contributed by atoms with E-state index >= 15 is 0 Å². The molecule has 156 valence electrons. The van der Waals surface area contributed by atoms with Crippen molar-refractivity contribution in [3.63, 3.8) is 0 Å². The highest BCUT2D eigenvalue weighted by molar-refractivity contribution is 9.11. The van der Waals surface area contributed by atoms with Crippen LogP contribution in [0.15, 0.2) is 93.6 Å². The summed E-state index contributed by atoms with van der Waals surface area (Å²) in [5.41, 5.74) is 1.83. The van der Waals surface area contributed by atoms with Crippen LogP contribution in [-0.2, 0) is 15.1 Å². The number of fused-ring (bicyclic) bond motifs is 6. The molecular formula is C26H14Br2O4. The Balaban J connectivity index is 1.61. The predicted octanol–water partition coefficient (Wildman–Crippen LogP) is 6.18. The molecule has 0 N–H and O–H groups in total. The van der Waals surface area contributed by atoms with Crippen LogP contribution in [0, 0.1) is 5.92 Å². The molecule has 0 radical (unpaired) electrons. The van der Waals surface area contributed by atoms with Gasteiger partial charge in [0.05, 0.1) is 5.56 Å². The van der Waals surface area contributed by atoms with Crippen LogP contribution >= 0.6 is 31.9 Å². The average Bonchev–Trinajstić information content (AvgIpc) is 3.08. The maximum Gasteiger partial charge on any atom is 0.339 e. The Morgan fingerprint density at radius 3 is 2.38 bits per heavy atom. The quantitative estimate of drug-likeness (QED) is 0.340. The molecule has 1 aliphatic carbocycles. The number of ketones is 1. The van der Waals surface area contributed by atoms with Crippen molar-refractivity contribution >= 4 is 49.2 Å². The molecule has 0 bridgehead atoms. The lowest BCUT2D eigenvalue weighted by molar-refractivity contribution is -0.124. The summed E-state index contributed by atoms with van der Waals surface area (Å²) in [5.74, 6) is -0.389. The largest absolute Gasteiger partial charge is 0.460 e. The number of halogens is 2. The van der Waals surface area contributed by atoms with Crippen LogP contribution in [0.3, 0.4) is 0 Å². The van der Waals surface area contributed by atoms with Crippen LogP contribution in [0.5, 0.6) is 5.75 Å². The Bertz CT molecular complexity index is 1400. The molecule has 2 aliphatic heterocycles. The number of para-hydroxylation sites is 1. The van der Waals surface area contributed by atoms with Gasteiger partial charge in [-0.1, -0.05) is 74.3 Å². The lowest BCUT2D eigenvalue weighted by Gasteiger charge is -2.43. The Morgan fingerprint density at radius 2 is 1.56 bits per heavy atom. The number of allylic oxidation sites excluding steroid dienone is 3. The molecule has 1 spiro atoms. The minimum absolute atomic E-state index is 0.162. The fourth-order valence-corrected chi connectivity index (χ4v) is 6.10.